The van der Waals surface area contributed by atoms with E-state index in [1.165, 1.54) is 0 Å². The average Bonchev–Trinajstić information content (AvgIpc) is 2.47. The summed E-state index contributed by atoms with van der Waals surface area (Å²) in [6.45, 7) is 0.847. The van der Waals surface area contributed by atoms with Crippen LogP contribution >= 0.6 is 38.5 Å². The molecule has 2 aliphatic heterocycles. The third-order valence-electron chi connectivity index (χ3n) is 1.94. The third kappa shape index (κ3) is 1.63. The van der Waals surface area contributed by atoms with Crippen LogP contribution in [0.1, 0.15) is 0 Å². The van der Waals surface area contributed by atoms with Crippen molar-refractivity contribution in [2.45, 2.75) is 4.05 Å². The normalized spacial score (nSPS) is 26.2. The number of rotatable bonds is 1. The van der Waals surface area contributed by atoms with E-state index in [0.717, 1.165) is 22.6 Å². The maximum atomic E-state index is 5.18. The molecular weight excluding hydrogens is 347 g/mol. The van der Waals surface area contributed by atoms with Crippen LogP contribution in [0.2, 0.25) is 0 Å². The number of nitrogens with zero attached hydrogens (tertiary/aromatic N) is 2. The lowest BCUT2D eigenvalue weighted by molar-refractivity contribution is 0.303. The van der Waals surface area contributed by atoms with Crippen molar-refractivity contribution in [2.24, 2.45) is 4.99 Å². The van der Waals surface area contributed by atoms with E-state index in [2.05, 4.69) is 48.4 Å². The van der Waals surface area contributed by atoms with E-state index in [9.17, 15) is 0 Å². The zero-order chi connectivity index (χ0) is 9.42. The molecule has 0 aromatic carbocycles. The highest BCUT2D eigenvalue weighted by Crippen LogP contribution is 2.29. The number of amidine groups is 1. The molecule has 0 amide bonds. The van der Waals surface area contributed by atoms with E-state index in [0.29, 0.717) is 4.05 Å². The van der Waals surface area contributed by atoms with Crippen molar-refractivity contribution >= 4 is 44.4 Å². The molecule has 0 saturated carbocycles. The van der Waals surface area contributed by atoms with Crippen LogP contribution < -0.4 is 0 Å². The van der Waals surface area contributed by atoms with Crippen molar-refractivity contribution in [1.29, 1.82) is 0 Å². The maximum absolute atomic E-state index is 5.18. The molecule has 0 aromatic rings. The van der Waals surface area contributed by atoms with Crippen LogP contribution in [0.5, 0.6) is 0 Å². The van der Waals surface area contributed by atoms with Crippen molar-refractivity contribution < 1.29 is 4.74 Å². The molecule has 2 heterocycles. The molecule has 0 spiro atoms. The largest absolute Gasteiger partial charge is 0.495 e. The summed E-state index contributed by atoms with van der Waals surface area (Å²) < 4.78 is 6.58. The first kappa shape index (κ1) is 9.51. The second kappa shape index (κ2) is 3.61. The van der Waals surface area contributed by atoms with Crippen molar-refractivity contribution in [3.05, 3.63) is 22.5 Å². The summed E-state index contributed by atoms with van der Waals surface area (Å²) in [6, 6.07) is 0. The second-order valence-electron chi connectivity index (χ2n) is 2.73. The van der Waals surface area contributed by atoms with Crippen LogP contribution in [0.3, 0.4) is 0 Å². The molecule has 0 fully saturated rings. The number of fused-ring (bicyclic) bond motifs is 1. The standard InChI is InChI=1S/C8H8BrIN2O/c1-13-6-2-8-11-3-7(10)12(8)4-5(6)9/h2,4,7H,3H2,1H3. The van der Waals surface area contributed by atoms with Gasteiger partial charge >= 0.3 is 0 Å². The Morgan fingerprint density at radius 1 is 1.77 bits per heavy atom. The van der Waals surface area contributed by atoms with Gasteiger partial charge in [0.05, 0.1) is 18.1 Å². The Bertz CT molecular complexity index is 324. The zero-order valence-electron chi connectivity index (χ0n) is 7.00. The Hall–Kier alpha value is -0.0400. The first-order valence-electron chi connectivity index (χ1n) is 3.82. The van der Waals surface area contributed by atoms with Gasteiger partial charge in [-0.05, 0) is 15.9 Å². The van der Waals surface area contributed by atoms with E-state index in [1.54, 1.807) is 7.11 Å². The van der Waals surface area contributed by atoms with Crippen molar-refractivity contribution in [2.75, 3.05) is 13.7 Å². The van der Waals surface area contributed by atoms with E-state index in [1.807, 2.05) is 12.3 Å². The second-order valence-corrected chi connectivity index (χ2v) is 5.02. The molecule has 5 heteroatoms. The lowest BCUT2D eigenvalue weighted by Crippen LogP contribution is -2.28. The summed E-state index contributed by atoms with van der Waals surface area (Å²) in [5, 5.41) is 0. The van der Waals surface area contributed by atoms with Gasteiger partial charge in [-0.25, -0.2) is 0 Å². The first-order valence-corrected chi connectivity index (χ1v) is 5.86. The predicted molar refractivity (Wildman–Crippen MR) is 64.1 cm³/mol. The molecule has 0 radical (unpaired) electrons. The molecule has 0 aliphatic carbocycles. The van der Waals surface area contributed by atoms with Crippen LogP contribution in [0.25, 0.3) is 0 Å². The number of hydrogen-bond acceptors (Lipinski definition) is 3. The van der Waals surface area contributed by atoms with Crippen LogP contribution in [-0.4, -0.2) is 28.4 Å². The monoisotopic (exact) mass is 354 g/mol. The van der Waals surface area contributed by atoms with Gasteiger partial charge in [0, 0.05) is 12.3 Å². The van der Waals surface area contributed by atoms with Gasteiger partial charge in [-0.3, -0.25) is 4.99 Å². The van der Waals surface area contributed by atoms with Crippen molar-refractivity contribution in [3.63, 3.8) is 0 Å². The zero-order valence-corrected chi connectivity index (χ0v) is 10.7. The summed E-state index contributed by atoms with van der Waals surface area (Å²) in [7, 11) is 1.66. The molecular formula is C8H8BrIN2O. The summed E-state index contributed by atoms with van der Waals surface area (Å²) in [6.07, 6.45) is 3.96. The van der Waals surface area contributed by atoms with Crippen LogP contribution in [0.4, 0.5) is 0 Å². The molecule has 2 rings (SSSR count). The molecule has 1 atom stereocenters. The predicted octanol–water partition coefficient (Wildman–Crippen LogP) is 2.24. The molecule has 0 bridgehead atoms. The third-order valence-corrected chi connectivity index (χ3v) is 3.53. The Balaban J connectivity index is 2.33. The molecule has 3 nitrogen and oxygen atoms in total. The SMILES string of the molecule is COC1=CC2=NCC(I)N2C=C1Br. The molecule has 0 saturated heterocycles. The summed E-state index contributed by atoms with van der Waals surface area (Å²) in [5.74, 6) is 1.82. The number of halogens is 2. The van der Waals surface area contributed by atoms with E-state index < -0.39 is 0 Å². The van der Waals surface area contributed by atoms with Gasteiger partial charge in [-0.1, -0.05) is 22.6 Å². The number of allylic oxidation sites excluding steroid dienone is 1. The number of hydrogen-bond donors (Lipinski definition) is 0. The molecule has 13 heavy (non-hydrogen) atoms. The fourth-order valence-electron chi connectivity index (χ4n) is 1.28. The molecule has 70 valence electrons. The van der Waals surface area contributed by atoms with E-state index in [-0.39, 0.29) is 0 Å². The first-order chi connectivity index (χ1) is 6.22. The smallest absolute Gasteiger partial charge is 0.138 e. The van der Waals surface area contributed by atoms with E-state index >= 15 is 0 Å². The van der Waals surface area contributed by atoms with Gasteiger partial charge in [0.1, 0.15) is 15.6 Å². The fourth-order valence-corrected chi connectivity index (χ4v) is 2.42. The number of ether oxygens (including phenoxy) is 1. The summed E-state index contributed by atoms with van der Waals surface area (Å²) >= 11 is 5.82. The minimum atomic E-state index is 0.426. The van der Waals surface area contributed by atoms with Gasteiger partial charge < -0.3 is 9.64 Å². The average molecular weight is 355 g/mol. The minimum Gasteiger partial charge on any atom is -0.495 e. The Labute approximate surface area is 98.8 Å². The van der Waals surface area contributed by atoms with Crippen LogP contribution in [0.15, 0.2) is 27.5 Å². The topological polar surface area (TPSA) is 24.8 Å². The van der Waals surface area contributed by atoms with Gasteiger partial charge in [-0.15, -0.1) is 0 Å². The maximum Gasteiger partial charge on any atom is 0.138 e. The minimum absolute atomic E-state index is 0.426. The van der Waals surface area contributed by atoms with Crippen LogP contribution in [0, 0.1) is 0 Å². The lowest BCUT2D eigenvalue weighted by Gasteiger charge is -2.23. The van der Waals surface area contributed by atoms with E-state index in [4.69, 9.17) is 4.74 Å². The summed E-state index contributed by atoms with van der Waals surface area (Å²) in [4.78, 5) is 6.52. The molecule has 0 aromatic heterocycles. The van der Waals surface area contributed by atoms with Gasteiger partial charge in [-0.2, -0.15) is 0 Å². The summed E-state index contributed by atoms with van der Waals surface area (Å²) in [5.41, 5.74) is 0. The van der Waals surface area contributed by atoms with Gasteiger partial charge in [0.15, 0.2) is 0 Å². The van der Waals surface area contributed by atoms with Crippen molar-refractivity contribution in [3.8, 4) is 0 Å². The highest BCUT2D eigenvalue weighted by molar-refractivity contribution is 14.1. The van der Waals surface area contributed by atoms with Crippen molar-refractivity contribution in [1.82, 2.24) is 4.90 Å². The Kier molecular flexibility index (Phi) is 2.64. The number of alkyl halides is 1. The quantitative estimate of drug-likeness (QED) is 0.410. The molecule has 0 N–H and O–H groups in total. The fraction of sp³-hybridized carbons (Fsp3) is 0.375. The Morgan fingerprint density at radius 2 is 2.54 bits per heavy atom. The lowest BCUT2D eigenvalue weighted by atomic mass is 10.3. The highest BCUT2D eigenvalue weighted by atomic mass is 127. The van der Waals surface area contributed by atoms with Gasteiger partial charge in [0.25, 0.3) is 0 Å². The number of methoxy groups -OCH3 is 1. The number of aliphatic imine (C=N–C) groups is 1. The van der Waals surface area contributed by atoms with Gasteiger partial charge in [0.2, 0.25) is 0 Å². The molecule has 2 aliphatic rings. The van der Waals surface area contributed by atoms with Crippen LogP contribution in [-0.2, 0) is 4.74 Å². The molecule has 1 unspecified atom stereocenters. The highest BCUT2D eigenvalue weighted by Gasteiger charge is 2.27. The Morgan fingerprint density at radius 3 is 3.23 bits per heavy atom.